The number of nitrogens with zero attached hydrogens (tertiary/aromatic N) is 3. The first-order valence-corrected chi connectivity index (χ1v) is 8.13. The molecule has 4 rings (SSSR count). The first-order valence-electron chi connectivity index (χ1n) is 8.13. The van der Waals surface area contributed by atoms with Gasteiger partial charge in [-0.1, -0.05) is 48.0 Å². The minimum absolute atomic E-state index is 0.912. The fraction of sp³-hybridized carbons (Fsp3) is 0.143. The van der Waals surface area contributed by atoms with Crippen molar-refractivity contribution in [2.75, 3.05) is 0 Å². The van der Waals surface area contributed by atoms with Gasteiger partial charge in [-0.3, -0.25) is 0 Å². The van der Waals surface area contributed by atoms with Gasteiger partial charge in [0.05, 0.1) is 11.1 Å². The molecule has 0 N–H and O–H groups in total. The molecule has 0 saturated heterocycles. The van der Waals surface area contributed by atoms with Gasteiger partial charge in [0.2, 0.25) is 0 Å². The Morgan fingerprint density at radius 3 is 2.25 bits per heavy atom. The summed E-state index contributed by atoms with van der Waals surface area (Å²) in [5.74, 6) is 0. The van der Waals surface area contributed by atoms with Crippen LogP contribution in [-0.2, 0) is 0 Å². The van der Waals surface area contributed by atoms with Crippen LogP contribution in [0.2, 0.25) is 0 Å². The van der Waals surface area contributed by atoms with Crippen LogP contribution in [0.25, 0.3) is 28.0 Å². The molecule has 0 fully saturated rings. The summed E-state index contributed by atoms with van der Waals surface area (Å²) < 4.78 is 1.96. The second kappa shape index (κ2) is 5.60. The lowest BCUT2D eigenvalue weighted by Crippen LogP contribution is -1.98. The van der Waals surface area contributed by atoms with Crippen LogP contribution < -0.4 is 0 Å². The highest BCUT2D eigenvalue weighted by molar-refractivity contribution is 5.94. The Hall–Kier alpha value is -2.94. The van der Waals surface area contributed by atoms with Crippen molar-refractivity contribution in [2.45, 2.75) is 20.8 Å². The van der Waals surface area contributed by atoms with Gasteiger partial charge in [-0.15, -0.1) is 0 Å². The third-order valence-corrected chi connectivity index (χ3v) is 4.29. The Morgan fingerprint density at radius 1 is 0.833 bits per heavy atom. The third kappa shape index (κ3) is 2.38. The molecule has 4 aromatic rings. The normalized spacial score (nSPS) is 11.1. The van der Waals surface area contributed by atoms with Crippen LogP contribution >= 0.6 is 0 Å². The van der Waals surface area contributed by atoms with Crippen LogP contribution in [0.3, 0.4) is 0 Å². The largest absolute Gasteiger partial charge is 0.233 e. The molecule has 0 aliphatic heterocycles. The molecule has 0 unspecified atom stereocenters. The van der Waals surface area contributed by atoms with Gasteiger partial charge in [0, 0.05) is 11.3 Å². The Labute approximate surface area is 141 Å². The van der Waals surface area contributed by atoms with E-state index in [4.69, 9.17) is 10.1 Å². The number of aryl methyl sites for hydroxylation is 3. The lowest BCUT2D eigenvalue weighted by atomic mass is 10.1. The minimum atomic E-state index is 0.912. The van der Waals surface area contributed by atoms with Crippen molar-refractivity contribution in [3.05, 3.63) is 77.5 Å². The summed E-state index contributed by atoms with van der Waals surface area (Å²) >= 11 is 0. The Balaban J connectivity index is 2.06. The number of hydrogen-bond donors (Lipinski definition) is 0. The molecule has 0 bridgehead atoms. The topological polar surface area (TPSA) is 30.7 Å². The van der Waals surface area contributed by atoms with Crippen molar-refractivity contribution in [1.82, 2.24) is 14.8 Å². The molecule has 0 atom stereocenters. The molecular formula is C21H19N3. The van der Waals surface area contributed by atoms with Crippen LogP contribution in [0.4, 0.5) is 0 Å². The molecule has 0 radical (unpaired) electrons. The Kier molecular flexibility index (Phi) is 3.42. The molecule has 2 aromatic heterocycles. The van der Waals surface area contributed by atoms with Crippen LogP contribution in [-0.4, -0.2) is 14.8 Å². The summed E-state index contributed by atoms with van der Waals surface area (Å²) in [5, 5.41) is 6.03. The first kappa shape index (κ1) is 14.6. The maximum Gasteiger partial charge on any atom is 0.164 e. The van der Waals surface area contributed by atoms with Gasteiger partial charge in [0.1, 0.15) is 5.69 Å². The smallest absolute Gasteiger partial charge is 0.164 e. The summed E-state index contributed by atoms with van der Waals surface area (Å²) in [6, 6.07) is 20.8. The van der Waals surface area contributed by atoms with Gasteiger partial charge < -0.3 is 0 Å². The minimum Gasteiger partial charge on any atom is -0.233 e. The summed E-state index contributed by atoms with van der Waals surface area (Å²) in [4.78, 5) is 4.78. The van der Waals surface area contributed by atoms with Crippen LogP contribution in [0, 0.1) is 20.8 Å². The molecule has 0 aliphatic carbocycles. The van der Waals surface area contributed by atoms with Crippen molar-refractivity contribution < 1.29 is 0 Å². The average Bonchev–Trinajstić information content (AvgIpc) is 2.96. The summed E-state index contributed by atoms with van der Waals surface area (Å²) in [6.45, 7) is 6.25. The van der Waals surface area contributed by atoms with Crippen molar-refractivity contribution >= 4 is 11.0 Å². The molecule has 0 spiro atoms. The van der Waals surface area contributed by atoms with E-state index in [1.807, 2.05) is 29.8 Å². The van der Waals surface area contributed by atoms with Crippen LogP contribution in [0.15, 0.2) is 60.7 Å². The predicted molar refractivity (Wildman–Crippen MR) is 98.5 cm³/mol. The molecule has 0 aliphatic rings. The second-order valence-electron chi connectivity index (χ2n) is 6.24. The Bertz CT molecular complexity index is 1010. The fourth-order valence-corrected chi connectivity index (χ4v) is 3.12. The van der Waals surface area contributed by atoms with Crippen molar-refractivity contribution in [3.8, 4) is 16.9 Å². The van der Waals surface area contributed by atoms with E-state index in [1.165, 1.54) is 11.1 Å². The fourth-order valence-electron chi connectivity index (χ4n) is 3.12. The molecule has 0 amide bonds. The standard InChI is InChI=1S/C21H19N3/c1-14-9-11-18(12-10-14)24-21-19(15(2)13-16(3)22-21)20(23-24)17-7-5-4-6-8-17/h4-13H,1-3H3. The third-order valence-electron chi connectivity index (χ3n) is 4.29. The zero-order valence-corrected chi connectivity index (χ0v) is 14.1. The second-order valence-corrected chi connectivity index (χ2v) is 6.24. The molecule has 3 nitrogen and oxygen atoms in total. The van der Waals surface area contributed by atoms with E-state index in [0.29, 0.717) is 0 Å². The monoisotopic (exact) mass is 313 g/mol. The van der Waals surface area contributed by atoms with E-state index in [0.717, 1.165) is 33.7 Å². The lowest BCUT2D eigenvalue weighted by molar-refractivity contribution is 0.897. The van der Waals surface area contributed by atoms with Crippen molar-refractivity contribution in [2.24, 2.45) is 0 Å². The number of hydrogen-bond acceptors (Lipinski definition) is 2. The van der Waals surface area contributed by atoms with E-state index in [-0.39, 0.29) is 0 Å². The van der Waals surface area contributed by atoms with E-state index in [1.54, 1.807) is 0 Å². The summed E-state index contributed by atoms with van der Waals surface area (Å²) in [5.41, 5.74) is 7.49. The van der Waals surface area contributed by atoms with Crippen molar-refractivity contribution in [1.29, 1.82) is 0 Å². The van der Waals surface area contributed by atoms with Gasteiger partial charge in [-0.25, -0.2) is 9.67 Å². The van der Waals surface area contributed by atoms with Gasteiger partial charge >= 0.3 is 0 Å². The Morgan fingerprint density at radius 2 is 1.54 bits per heavy atom. The maximum absolute atomic E-state index is 4.92. The highest BCUT2D eigenvalue weighted by atomic mass is 15.3. The van der Waals surface area contributed by atoms with E-state index in [2.05, 4.69) is 56.3 Å². The molecule has 118 valence electrons. The van der Waals surface area contributed by atoms with E-state index < -0.39 is 0 Å². The van der Waals surface area contributed by atoms with Gasteiger partial charge in [-0.05, 0) is 44.5 Å². The summed E-state index contributed by atoms with van der Waals surface area (Å²) in [6.07, 6.45) is 0. The molecule has 24 heavy (non-hydrogen) atoms. The highest BCUT2D eigenvalue weighted by Crippen LogP contribution is 2.31. The number of fused-ring (bicyclic) bond motifs is 1. The number of aromatic nitrogens is 3. The first-order chi connectivity index (χ1) is 11.6. The average molecular weight is 313 g/mol. The van der Waals surface area contributed by atoms with Crippen LogP contribution in [0.1, 0.15) is 16.8 Å². The van der Waals surface area contributed by atoms with E-state index in [9.17, 15) is 0 Å². The zero-order chi connectivity index (χ0) is 16.7. The molecule has 0 saturated carbocycles. The number of pyridine rings is 1. The lowest BCUT2D eigenvalue weighted by Gasteiger charge is -2.04. The summed E-state index contributed by atoms with van der Waals surface area (Å²) in [7, 11) is 0. The molecule has 2 aromatic carbocycles. The zero-order valence-electron chi connectivity index (χ0n) is 14.1. The number of rotatable bonds is 2. The van der Waals surface area contributed by atoms with Crippen LogP contribution in [0.5, 0.6) is 0 Å². The SMILES string of the molecule is Cc1ccc(-n2nc(-c3ccccc3)c3c(C)cc(C)nc32)cc1. The molecule has 2 heterocycles. The van der Waals surface area contributed by atoms with Gasteiger partial charge in [0.25, 0.3) is 0 Å². The van der Waals surface area contributed by atoms with E-state index >= 15 is 0 Å². The molecule has 3 heteroatoms. The van der Waals surface area contributed by atoms with Gasteiger partial charge in [0.15, 0.2) is 5.65 Å². The predicted octanol–water partition coefficient (Wildman–Crippen LogP) is 5.01. The highest BCUT2D eigenvalue weighted by Gasteiger charge is 2.17. The quantitative estimate of drug-likeness (QED) is 0.520. The number of benzene rings is 2. The van der Waals surface area contributed by atoms with Crippen molar-refractivity contribution in [3.63, 3.8) is 0 Å². The molecular weight excluding hydrogens is 294 g/mol. The van der Waals surface area contributed by atoms with Gasteiger partial charge in [-0.2, -0.15) is 5.10 Å². The maximum atomic E-state index is 4.92.